The summed E-state index contributed by atoms with van der Waals surface area (Å²) in [5.41, 5.74) is 2.67. The molecule has 1 N–H and O–H groups in total. The Morgan fingerprint density at radius 1 is 1.21 bits per heavy atom. The first-order valence-corrected chi connectivity index (χ1v) is 6.58. The predicted molar refractivity (Wildman–Crippen MR) is 67.3 cm³/mol. The molecule has 0 spiro atoms. The minimum Gasteiger partial charge on any atom is -0.384 e. The number of rotatable bonds is 6. The maximum absolute atomic E-state index is 3.39. The van der Waals surface area contributed by atoms with Crippen molar-refractivity contribution in [2.75, 3.05) is 23.9 Å². The molecule has 0 aromatic heterocycles. The quantitative estimate of drug-likeness (QED) is 0.721. The van der Waals surface area contributed by atoms with E-state index in [0.717, 1.165) is 12.3 Å². The van der Waals surface area contributed by atoms with Gasteiger partial charge in [-0.1, -0.05) is 25.5 Å². The molecule has 0 aliphatic carbocycles. The van der Waals surface area contributed by atoms with Gasteiger partial charge >= 0.3 is 0 Å². The second-order valence-electron chi connectivity index (χ2n) is 3.37. The lowest BCUT2D eigenvalue weighted by Gasteiger charge is -2.06. The van der Waals surface area contributed by atoms with Crippen LogP contribution in [0, 0.1) is 0 Å². The van der Waals surface area contributed by atoms with Crippen molar-refractivity contribution in [2.24, 2.45) is 0 Å². The molecule has 1 aromatic rings. The van der Waals surface area contributed by atoms with Crippen molar-refractivity contribution in [1.82, 2.24) is 0 Å². The summed E-state index contributed by atoms with van der Waals surface area (Å²) in [6, 6.07) is 8.77. The molecule has 0 fully saturated rings. The molecule has 0 aliphatic rings. The summed E-state index contributed by atoms with van der Waals surface area (Å²) in [6.45, 7) is 3.26. The van der Waals surface area contributed by atoms with Crippen LogP contribution in [-0.2, 0) is 6.42 Å². The molecule has 1 nitrogen and oxygen atoms in total. The maximum Gasteiger partial charge on any atom is 0.0340 e. The molecule has 1 rings (SSSR count). The Hall–Kier alpha value is -0.630. The number of aryl methyl sites for hydroxylation is 1. The fourth-order valence-electron chi connectivity index (χ4n) is 1.38. The highest BCUT2D eigenvalue weighted by Crippen LogP contribution is 2.10. The highest BCUT2D eigenvalue weighted by molar-refractivity contribution is 7.98. The fourth-order valence-corrected chi connectivity index (χ4v) is 1.68. The number of hydrogen-bond donors (Lipinski definition) is 1. The number of nitrogens with one attached hydrogen (secondary N) is 1. The molecular formula is C12H19NS. The smallest absolute Gasteiger partial charge is 0.0340 e. The fraction of sp³-hybridized carbons (Fsp3) is 0.500. The third kappa shape index (κ3) is 4.05. The molecule has 0 unspecified atom stereocenters. The van der Waals surface area contributed by atoms with Crippen molar-refractivity contribution < 1.29 is 0 Å². The van der Waals surface area contributed by atoms with Gasteiger partial charge in [0.05, 0.1) is 0 Å². The summed E-state index contributed by atoms with van der Waals surface area (Å²) in [4.78, 5) is 0. The van der Waals surface area contributed by atoms with Crippen LogP contribution in [0.4, 0.5) is 5.69 Å². The number of thioether (sulfide) groups is 1. The highest BCUT2D eigenvalue weighted by atomic mass is 32.2. The van der Waals surface area contributed by atoms with E-state index in [-0.39, 0.29) is 0 Å². The van der Waals surface area contributed by atoms with Crippen molar-refractivity contribution >= 4 is 17.4 Å². The first-order chi connectivity index (χ1) is 6.86. The first kappa shape index (κ1) is 11.4. The van der Waals surface area contributed by atoms with Gasteiger partial charge in [-0.05, 0) is 30.4 Å². The van der Waals surface area contributed by atoms with Crippen LogP contribution >= 0.6 is 11.8 Å². The van der Waals surface area contributed by atoms with E-state index < -0.39 is 0 Å². The molecule has 0 saturated carbocycles. The van der Waals surface area contributed by atoms with Crippen LogP contribution in [-0.4, -0.2) is 18.6 Å². The lowest BCUT2D eigenvalue weighted by molar-refractivity contribution is 0.922. The molecule has 2 heteroatoms. The Bertz CT molecular complexity index is 243. The third-order valence-electron chi connectivity index (χ3n) is 2.13. The normalized spacial score (nSPS) is 10.1. The average molecular weight is 209 g/mol. The standard InChI is InChI=1S/C12H19NS/c1-3-4-11-5-7-12(8-6-11)13-9-10-14-2/h5-8,13H,3-4,9-10H2,1-2H3. The lowest BCUT2D eigenvalue weighted by Crippen LogP contribution is -2.03. The van der Waals surface area contributed by atoms with E-state index >= 15 is 0 Å². The van der Waals surface area contributed by atoms with Gasteiger partial charge in [0.2, 0.25) is 0 Å². The molecule has 0 radical (unpaired) electrons. The Morgan fingerprint density at radius 3 is 2.50 bits per heavy atom. The van der Waals surface area contributed by atoms with Crippen molar-refractivity contribution in [3.05, 3.63) is 29.8 Å². The molecular weight excluding hydrogens is 190 g/mol. The molecule has 0 aliphatic heterocycles. The van der Waals surface area contributed by atoms with Gasteiger partial charge < -0.3 is 5.32 Å². The van der Waals surface area contributed by atoms with E-state index in [0.29, 0.717) is 0 Å². The SMILES string of the molecule is CCCc1ccc(NCCSC)cc1. The zero-order valence-corrected chi connectivity index (χ0v) is 9.86. The lowest BCUT2D eigenvalue weighted by atomic mass is 10.1. The minimum absolute atomic E-state index is 1.05. The molecule has 14 heavy (non-hydrogen) atoms. The average Bonchev–Trinajstić information content (AvgIpc) is 2.21. The molecule has 0 atom stereocenters. The van der Waals surface area contributed by atoms with E-state index in [2.05, 4.69) is 42.8 Å². The van der Waals surface area contributed by atoms with Gasteiger partial charge in [0.15, 0.2) is 0 Å². The van der Waals surface area contributed by atoms with E-state index in [1.165, 1.54) is 24.1 Å². The van der Waals surface area contributed by atoms with Crippen LogP contribution in [0.5, 0.6) is 0 Å². The Morgan fingerprint density at radius 2 is 1.93 bits per heavy atom. The third-order valence-corrected chi connectivity index (χ3v) is 2.74. The topological polar surface area (TPSA) is 12.0 Å². The van der Waals surface area contributed by atoms with Crippen LogP contribution in [0.15, 0.2) is 24.3 Å². The molecule has 0 heterocycles. The number of benzene rings is 1. The second-order valence-corrected chi connectivity index (χ2v) is 4.35. The van der Waals surface area contributed by atoms with Crippen LogP contribution in [0.2, 0.25) is 0 Å². The van der Waals surface area contributed by atoms with Crippen LogP contribution in [0.3, 0.4) is 0 Å². The van der Waals surface area contributed by atoms with Gasteiger partial charge in [-0.25, -0.2) is 0 Å². The minimum atomic E-state index is 1.05. The predicted octanol–water partition coefficient (Wildman–Crippen LogP) is 3.41. The summed E-state index contributed by atoms with van der Waals surface area (Å²) < 4.78 is 0. The zero-order chi connectivity index (χ0) is 10.2. The van der Waals surface area contributed by atoms with Gasteiger partial charge in [0.25, 0.3) is 0 Å². The summed E-state index contributed by atoms with van der Waals surface area (Å²) in [5.74, 6) is 1.16. The highest BCUT2D eigenvalue weighted by Gasteiger charge is 1.92. The maximum atomic E-state index is 3.39. The second kappa shape index (κ2) is 6.77. The van der Waals surface area contributed by atoms with Crippen molar-refractivity contribution in [3.8, 4) is 0 Å². The van der Waals surface area contributed by atoms with Gasteiger partial charge in [0, 0.05) is 18.0 Å². The van der Waals surface area contributed by atoms with E-state index in [1.807, 2.05) is 11.8 Å². The molecule has 0 bridgehead atoms. The van der Waals surface area contributed by atoms with Crippen molar-refractivity contribution in [1.29, 1.82) is 0 Å². The van der Waals surface area contributed by atoms with Crippen LogP contribution < -0.4 is 5.32 Å². The first-order valence-electron chi connectivity index (χ1n) is 5.18. The summed E-state index contributed by atoms with van der Waals surface area (Å²) in [5, 5.41) is 3.39. The Balaban J connectivity index is 2.38. The molecule has 1 aromatic carbocycles. The van der Waals surface area contributed by atoms with Crippen molar-refractivity contribution in [2.45, 2.75) is 19.8 Å². The van der Waals surface area contributed by atoms with Gasteiger partial charge in [-0.2, -0.15) is 11.8 Å². The van der Waals surface area contributed by atoms with E-state index in [1.54, 1.807) is 0 Å². The largest absolute Gasteiger partial charge is 0.384 e. The van der Waals surface area contributed by atoms with Crippen LogP contribution in [0.25, 0.3) is 0 Å². The van der Waals surface area contributed by atoms with E-state index in [9.17, 15) is 0 Å². The van der Waals surface area contributed by atoms with Crippen molar-refractivity contribution in [3.63, 3.8) is 0 Å². The van der Waals surface area contributed by atoms with Crippen LogP contribution in [0.1, 0.15) is 18.9 Å². The molecule has 78 valence electrons. The number of hydrogen-bond acceptors (Lipinski definition) is 2. The van der Waals surface area contributed by atoms with E-state index in [4.69, 9.17) is 0 Å². The monoisotopic (exact) mass is 209 g/mol. The Labute approximate surface area is 91.3 Å². The molecule has 0 amide bonds. The van der Waals surface area contributed by atoms with Gasteiger partial charge in [0.1, 0.15) is 0 Å². The number of anilines is 1. The Kier molecular flexibility index (Phi) is 5.53. The summed E-state index contributed by atoms with van der Waals surface area (Å²) in [7, 11) is 0. The van der Waals surface area contributed by atoms with Gasteiger partial charge in [-0.3, -0.25) is 0 Å². The summed E-state index contributed by atoms with van der Waals surface area (Å²) in [6.07, 6.45) is 4.54. The van der Waals surface area contributed by atoms with Gasteiger partial charge in [-0.15, -0.1) is 0 Å². The summed E-state index contributed by atoms with van der Waals surface area (Å²) >= 11 is 1.87. The zero-order valence-electron chi connectivity index (χ0n) is 9.05. The molecule has 0 saturated heterocycles.